The zero-order chi connectivity index (χ0) is 11.0. The lowest BCUT2D eigenvalue weighted by Crippen LogP contribution is -2.01. The summed E-state index contributed by atoms with van der Waals surface area (Å²) in [4.78, 5) is 10.9. The number of fused-ring (bicyclic) bond motifs is 1. The Balaban J connectivity index is 2.86. The van der Waals surface area contributed by atoms with Crippen molar-refractivity contribution in [2.45, 2.75) is 13.5 Å². The molecule has 0 fully saturated rings. The Morgan fingerprint density at radius 2 is 2.27 bits per heavy atom. The number of rotatable bonds is 2. The van der Waals surface area contributed by atoms with Crippen molar-refractivity contribution in [3.8, 4) is 0 Å². The maximum Gasteiger partial charge on any atom is 0.339 e. The van der Waals surface area contributed by atoms with E-state index in [4.69, 9.17) is 10.2 Å². The minimum atomic E-state index is -1.04. The first-order chi connectivity index (χ1) is 7.15. The lowest BCUT2D eigenvalue weighted by Gasteiger charge is -2.04. The number of aromatic carboxylic acids is 1. The van der Waals surface area contributed by atoms with E-state index in [-0.39, 0.29) is 12.2 Å². The predicted octanol–water partition coefficient (Wildman–Crippen LogP) is 0.833. The molecule has 0 unspecified atom stereocenters. The number of nitrogens with zero attached hydrogens (tertiary/aromatic N) is 2. The molecule has 0 aliphatic rings. The van der Waals surface area contributed by atoms with E-state index in [1.807, 2.05) is 6.92 Å². The topological polar surface area (TPSA) is 74.8 Å². The van der Waals surface area contributed by atoms with Gasteiger partial charge >= 0.3 is 5.97 Å². The number of aromatic nitrogens is 2. The van der Waals surface area contributed by atoms with E-state index in [2.05, 4.69) is 5.10 Å². The van der Waals surface area contributed by atoms with Gasteiger partial charge in [-0.05, 0) is 13.0 Å². The van der Waals surface area contributed by atoms with E-state index in [9.17, 15) is 4.79 Å². The van der Waals surface area contributed by atoms with E-state index < -0.39 is 5.97 Å². The van der Waals surface area contributed by atoms with Crippen LogP contribution in [0.1, 0.15) is 21.6 Å². The van der Waals surface area contributed by atoms with E-state index in [0.29, 0.717) is 11.1 Å². The van der Waals surface area contributed by atoms with Crippen molar-refractivity contribution in [1.29, 1.82) is 0 Å². The Hall–Kier alpha value is -1.88. The monoisotopic (exact) mass is 206 g/mol. The number of carboxylic acids is 1. The molecule has 2 N–H and O–H groups in total. The highest BCUT2D eigenvalue weighted by atomic mass is 16.4. The van der Waals surface area contributed by atoms with Crippen LogP contribution in [0.15, 0.2) is 18.3 Å². The van der Waals surface area contributed by atoms with Gasteiger partial charge in [0.1, 0.15) is 5.56 Å². The molecule has 0 amide bonds. The molecular formula is C10H10N2O3. The average Bonchev–Trinajstić information content (AvgIpc) is 2.64. The van der Waals surface area contributed by atoms with Crippen LogP contribution in [0.4, 0.5) is 0 Å². The molecule has 2 rings (SSSR count). The molecule has 0 aliphatic heterocycles. The van der Waals surface area contributed by atoms with Crippen LogP contribution in [0.5, 0.6) is 0 Å². The van der Waals surface area contributed by atoms with Crippen molar-refractivity contribution in [1.82, 2.24) is 9.61 Å². The number of hydrogen-bond donors (Lipinski definition) is 2. The Morgan fingerprint density at radius 3 is 2.87 bits per heavy atom. The summed E-state index contributed by atoms with van der Waals surface area (Å²) < 4.78 is 1.52. The van der Waals surface area contributed by atoms with Crippen molar-refractivity contribution >= 4 is 11.5 Å². The van der Waals surface area contributed by atoms with Gasteiger partial charge < -0.3 is 10.2 Å². The normalized spacial score (nSPS) is 10.8. The van der Waals surface area contributed by atoms with E-state index in [1.165, 1.54) is 10.7 Å². The van der Waals surface area contributed by atoms with Gasteiger partial charge in [-0.25, -0.2) is 9.31 Å². The number of aliphatic hydroxyl groups is 1. The molecule has 0 radical (unpaired) electrons. The Labute approximate surface area is 85.6 Å². The van der Waals surface area contributed by atoms with Crippen LogP contribution in [-0.4, -0.2) is 25.8 Å². The zero-order valence-corrected chi connectivity index (χ0v) is 8.14. The second-order valence-electron chi connectivity index (χ2n) is 3.28. The van der Waals surface area contributed by atoms with Crippen LogP contribution >= 0.6 is 0 Å². The summed E-state index contributed by atoms with van der Waals surface area (Å²) in [6.45, 7) is 1.63. The minimum absolute atomic E-state index is 0.114. The number of carbonyl (C=O) groups is 1. The van der Waals surface area contributed by atoms with Crippen molar-refractivity contribution < 1.29 is 15.0 Å². The van der Waals surface area contributed by atoms with E-state index in [1.54, 1.807) is 12.1 Å². The second kappa shape index (κ2) is 3.36. The molecule has 2 aromatic heterocycles. The molecule has 2 aromatic rings. The molecule has 5 nitrogen and oxygen atoms in total. The molecule has 0 spiro atoms. The molecular weight excluding hydrogens is 196 g/mol. The minimum Gasteiger partial charge on any atom is -0.478 e. The fourth-order valence-corrected chi connectivity index (χ4v) is 1.58. The fourth-order valence-electron chi connectivity index (χ4n) is 1.58. The standard InChI is InChI=1S/C10H10N2O3/c1-6-2-3-7(5-13)9-8(10(14)15)4-11-12(6)9/h2-4,13H,5H2,1H3,(H,14,15). The Bertz CT molecular complexity index is 531. The lowest BCUT2D eigenvalue weighted by atomic mass is 10.1. The number of pyridine rings is 1. The highest BCUT2D eigenvalue weighted by Gasteiger charge is 2.15. The maximum absolute atomic E-state index is 10.9. The molecule has 78 valence electrons. The van der Waals surface area contributed by atoms with Gasteiger partial charge in [0.25, 0.3) is 0 Å². The number of aryl methyl sites for hydroxylation is 1. The van der Waals surface area contributed by atoms with Gasteiger partial charge in [0.15, 0.2) is 0 Å². The van der Waals surface area contributed by atoms with Gasteiger partial charge in [0.05, 0.1) is 18.3 Å². The first kappa shape index (κ1) is 9.67. The van der Waals surface area contributed by atoms with E-state index in [0.717, 1.165) is 5.69 Å². The second-order valence-corrected chi connectivity index (χ2v) is 3.28. The van der Waals surface area contributed by atoms with Gasteiger partial charge in [0, 0.05) is 11.3 Å². The highest BCUT2D eigenvalue weighted by molar-refractivity contribution is 5.96. The molecule has 0 aromatic carbocycles. The quantitative estimate of drug-likeness (QED) is 0.763. The maximum atomic E-state index is 10.9. The first-order valence-electron chi connectivity index (χ1n) is 4.45. The number of hydrogen-bond acceptors (Lipinski definition) is 3. The van der Waals surface area contributed by atoms with E-state index >= 15 is 0 Å². The van der Waals surface area contributed by atoms with Crippen molar-refractivity contribution in [2.24, 2.45) is 0 Å². The molecule has 0 saturated carbocycles. The van der Waals surface area contributed by atoms with Gasteiger partial charge in [-0.2, -0.15) is 5.10 Å². The van der Waals surface area contributed by atoms with Crippen molar-refractivity contribution in [3.63, 3.8) is 0 Å². The molecule has 0 atom stereocenters. The predicted molar refractivity (Wildman–Crippen MR) is 52.8 cm³/mol. The Morgan fingerprint density at radius 1 is 1.53 bits per heavy atom. The smallest absolute Gasteiger partial charge is 0.339 e. The number of aliphatic hydroxyl groups excluding tert-OH is 1. The third-order valence-electron chi connectivity index (χ3n) is 2.33. The summed E-state index contributed by atoms with van der Waals surface area (Å²) >= 11 is 0. The molecule has 0 saturated heterocycles. The third kappa shape index (κ3) is 1.37. The van der Waals surface area contributed by atoms with Crippen LogP contribution in [0.3, 0.4) is 0 Å². The van der Waals surface area contributed by atoms with Crippen molar-refractivity contribution in [2.75, 3.05) is 0 Å². The fraction of sp³-hybridized carbons (Fsp3) is 0.200. The van der Waals surface area contributed by atoms with Gasteiger partial charge in [-0.1, -0.05) is 6.07 Å². The summed E-state index contributed by atoms with van der Waals surface area (Å²) in [5, 5.41) is 22.0. The molecule has 0 bridgehead atoms. The molecule has 0 aliphatic carbocycles. The summed E-state index contributed by atoms with van der Waals surface area (Å²) in [6, 6.07) is 3.50. The number of carboxylic acid groups (broad SMARTS) is 1. The van der Waals surface area contributed by atoms with Crippen molar-refractivity contribution in [3.05, 3.63) is 35.2 Å². The van der Waals surface area contributed by atoms with Crippen LogP contribution < -0.4 is 0 Å². The first-order valence-corrected chi connectivity index (χ1v) is 4.45. The van der Waals surface area contributed by atoms with Gasteiger partial charge in [0.2, 0.25) is 0 Å². The zero-order valence-electron chi connectivity index (χ0n) is 8.14. The largest absolute Gasteiger partial charge is 0.478 e. The van der Waals surface area contributed by atoms with Crippen LogP contribution in [0.25, 0.3) is 5.52 Å². The van der Waals surface area contributed by atoms with Crippen LogP contribution in [0.2, 0.25) is 0 Å². The summed E-state index contributed by atoms with van der Waals surface area (Å²) in [5.74, 6) is -1.04. The average molecular weight is 206 g/mol. The summed E-state index contributed by atoms with van der Waals surface area (Å²) in [7, 11) is 0. The molecule has 2 heterocycles. The molecule has 15 heavy (non-hydrogen) atoms. The van der Waals surface area contributed by atoms with Gasteiger partial charge in [-0.3, -0.25) is 0 Å². The summed E-state index contributed by atoms with van der Waals surface area (Å²) in [5.41, 5.74) is 1.97. The SMILES string of the molecule is Cc1ccc(CO)c2c(C(=O)O)cnn12. The summed E-state index contributed by atoms with van der Waals surface area (Å²) in [6.07, 6.45) is 1.30. The van der Waals surface area contributed by atoms with Crippen LogP contribution in [-0.2, 0) is 6.61 Å². The highest BCUT2D eigenvalue weighted by Crippen LogP contribution is 2.18. The lowest BCUT2D eigenvalue weighted by molar-refractivity contribution is 0.0699. The van der Waals surface area contributed by atoms with Crippen LogP contribution in [0, 0.1) is 6.92 Å². The molecule has 5 heteroatoms. The van der Waals surface area contributed by atoms with Gasteiger partial charge in [-0.15, -0.1) is 0 Å². The third-order valence-corrected chi connectivity index (χ3v) is 2.33. The Kier molecular flexibility index (Phi) is 2.17.